The van der Waals surface area contributed by atoms with Crippen LogP contribution in [0.4, 0.5) is 5.69 Å². The van der Waals surface area contributed by atoms with Crippen molar-refractivity contribution in [1.29, 1.82) is 0 Å². The predicted molar refractivity (Wildman–Crippen MR) is 79.4 cm³/mol. The van der Waals surface area contributed by atoms with Crippen molar-refractivity contribution in [3.8, 4) is 0 Å². The van der Waals surface area contributed by atoms with Crippen LogP contribution in [0, 0.1) is 6.92 Å². The van der Waals surface area contributed by atoms with E-state index in [0.717, 1.165) is 5.56 Å². The molecule has 0 amide bonds. The number of rotatable bonds is 5. The third-order valence-corrected chi connectivity index (χ3v) is 5.54. The Kier molecular flexibility index (Phi) is 4.70. The van der Waals surface area contributed by atoms with Crippen LogP contribution >= 0.6 is 12.2 Å². The van der Waals surface area contributed by atoms with E-state index in [2.05, 4.69) is 0 Å². The zero-order valence-electron chi connectivity index (χ0n) is 10.8. The number of benzene rings is 1. The predicted octanol–water partition coefficient (Wildman–Crippen LogP) is 1.83. The van der Waals surface area contributed by atoms with E-state index >= 15 is 0 Å². The molecule has 0 bridgehead atoms. The van der Waals surface area contributed by atoms with Gasteiger partial charge >= 0.3 is 0 Å². The molecular formula is C12H18N2O2S2. The average Bonchev–Trinajstić information content (AvgIpc) is 2.29. The Morgan fingerprint density at radius 3 is 2.28 bits per heavy atom. The van der Waals surface area contributed by atoms with Crippen molar-refractivity contribution < 1.29 is 8.42 Å². The number of anilines is 1. The highest BCUT2D eigenvalue weighted by Gasteiger charge is 2.30. The third kappa shape index (κ3) is 3.00. The van der Waals surface area contributed by atoms with Gasteiger partial charge < -0.3 is 5.73 Å². The van der Waals surface area contributed by atoms with E-state index in [0.29, 0.717) is 12.1 Å². The lowest BCUT2D eigenvalue weighted by atomic mass is 10.2. The van der Waals surface area contributed by atoms with Gasteiger partial charge in [0.05, 0.1) is 10.7 Å². The highest BCUT2D eigenvalue weighted by molar-refractivity contribution is 7.95. The lowest BCUT2D eigenvalue weighted by Gasteiger charge is -2.24. The maximum absolute atomic E-state index is 12.3. The second-order valence-corrected chi connectivity index (χ2v) is 6.77. The quantitative estimate of drug-likeness (QED) is 0.839. The van der Waals surface area contributed by atoms with E-state index in [1.165, 1.54) is 11.4 Å². The van der Waals surface area contributed by atoms with Gasteiger partial charge in [0.15, 0.2) is 0 Å². The van der Waals surface area contributed by atoms with Gasteiger partial charge in [-0.05, 0) is 25.5 Å². The Hall–Kier alpha value is -1.14. The number of sulfonamides is 1. The highest BCUT2D eigenvalue weighted by Crippen LogP contribution is 2.21. The molecular weight excluding hydrogens is 268 g/mol. The fourth-order valence-corrected chi connectivity index (χ4v) is 3.69. The van der Waals surface area contributed by atoms with E-state index in [1.807, 2.05) is 19.1 Å². The maximum atomic E-state index is 12.3. The zero-order chi connectivity index (χ0) is 13.9. The van der Waals surface area contributed by atoms with Crippen molar-refractivity contribution in [1.82, 2.24) is 0 Å². The summed E-state index contributed by atoms with van der Waals surface area (Å²) in [7, 11) is -2.03. The summed E-state index contributed by atoms with van der Waals surface area (Å²) in [4.78, 5) is 0.0106. The van der Waals surface area contributed by atoms with Crippen molar-refractivity contribution in [3.05, 3.63) is 29.8 Å². The molecule has 0 fully saturated rings. The van der Waals surface area contributed by atoms with E-state index in [4.69, 9.17) is 18.0 Å². The first kappa shape index (κ1) is 14.9. The molecule has 0 saturated heterocycles. The molecule has 0 aliphatic rings. The molecule has 0 radical (unpaired) electrons. The lowest BCUT2D eigenvalue weighted by molar-refractivity contribution is 0.587. The van der Waals surface area contributed by atoms with Crippen LogP contribution in [-0.4, -0.2) is 25.7 Å². The largest absolute Gasteiger partial charge is 0.392 e. The summed E-state index contributed by atoms with van der Waals surface area (Å²) in [5.41, 5.74) is 7.18. The molecule has 0 aliphatic carbocycles. The molecule has 18 heavy (non-hydrogen) atoms. The molecule has 0 aliphatic heterocycles. The molecule has 1 aromatic rings. The van der Waals surface area contributed by atoms with Crippen molar-refractivity contribution in [2.45, 2.75) is 25.5 Å². The second kappa shape index (κ2) is 5.67. The van der Waals surface area contributed by atoms with Crippen molar-refractivity contribution in [2.24, 2.45) is 5.73 Å². The van der Waals surface area contributed by atoms with Crippen LogP contribution < -0.4 is 10.0 Å². The Labute approximate surface area is 114 Å². The number of hydrogen-bond acceptors (Lipinski definition) is 3. The summed E-state index contributed by atoms with van der Waals surface area (Å²) in [6.07, 6.45) is 0.369. The molecule has 1 rings (SSSR count). The molecule has 1 aromatic carbocycles. The lowest BCUT2D eigenvalue weighted by Crippen LogP contribution is -2.42. The standard InChI is InChI=1S/C12H18N2O2S2/c1-4-11(12(13)17)18(15,16)14(3)10-7-5-9(2)6-8-10/h5-8,11H,4H2,1-3H3,(H2,13,17). The minimum atomic E-state index is -3.55. The van der Waals surface area contributed by atoms with Crippen LogP contribution in [0.2, 0.25) is 0 Å². The molecule has 0 heterocycles. The van der Waals surface area contributed by atoms with Crippen LogP contribution in [0.5, 0.6) is 0 Å². The van der Waals surface area contributed by atoms with Gasteiger partial charge in [0.2, 0.25) is 10.0 Å². The first-order valence-electron chi connectivity index (χ1n) is 5.64. The average molecular weight is 286 g/mol. The molecule has 6 heteroatoms. The smallest absolute Gasteiger partial charge is 0.244 e. The second-order valence-electron chi connectivity index (χ2n) is 4.15. The van der Waals surface area contributed by atoms with Crippen LogP contribution in [0.25, 0.3) is 0 Å². The Morgan fingerprint density at radius 1 is 1.39 bits per heavy atom. The number of hydrogen-bond donors (Lipinski definition) is 1. The number of aryl methyl sites for hydroxylation is 1. The Balaban J connectivity index is 3.12. The van der Waals surface area contributed by atoms with E-state index in [1.54, 1.807) is 19.1 Å². The summed E-state index contributed by atoms with van der Waals surface area (Å²) in [5.74, 6) is 0. The highest BCUT2D eigenvalue weighted by atomic mass is 32.2. The fraction of sp³-hybridized carbons (Fsp3) is 0.417. The Morgan fingerprint density at radius 2 is 1.89 bits per heavy atom. The van der Waals surface area contributed by atoms with Gasteiger partial charge in [0.25, 0.3) is 0 Å². The summed E-state index contributed by atoms with van der Waals surface area (Å²) < 4.78 is 25.9. The summed E-state index contributed by atoms with van der Waals surface area (Å²) in [5, 5.41) is -0.821. The normalized spacial score (nSPS) is 13.1. The molecule has 2 N–H and O–H groups in total. The van der Waals surface area contributed by atoms with E-state index in [9.17, 15) is 8.42 Å². The van der Waals surface area contributed by atoms with Crippen LogP contribution in [-0.2, 0) is 10.0 Å². The number of thiocarbonyl (C=S) groups is 1. The van der Waals surface area contributed by atoms with Gasteiger partial charge in [0, 0.05) is 7.05 Å². The molecule has 1 atom stereocenters. The number of nitrogens with zero attached hydrogens (tertiary/aromatic N) is 1. The topological polar surface area (TPSA) is 63.4 Å². The first-order valence-corrected chi connectivity index (χ1v) is 7.55. The van der Waals surface area contributed by atoms with E-state index in [-0.39, 0.29) is 4.99 Å². The van der Waals surface area contributed by atoms with Gasteiger partial charge in [0.1, 0.15) is 5.25 Å². The molecule has 100 valence electrons. The van der Waals surface area contributed by atoms with Crippen molar-refractivity contribution >= 4 is 32.9 Å². The minimum absolute atomic E-state index is 0.0106. The molecule has 0 spiro atoms. The third-order valence-electron chi connectivity index (χ3n) is 2.83. The number of nitrogens with two attached hydrogens (primary N) is 1. The zero-order valence-corrected chi connectivity index (χ0v) is 12.4. The van der Waals surface area contributed by atoms with Crippen molar-refractivity contribution in [2.75, 3.05) is 11.4 Å². The monoisotopic (exact) mass is 286 g/mol. The van der Waals surface area contributed by atoms with Gasteiger partial charge in [-0.1, -0.05) is 36.8 Å². The summed E-state index contributed by atoms with van der Waals surface area (Å²) in [6, 6.07) is 7.25. The van der Waals surface area contributed by atoms with Crippen LogP contribution in [0.1, 0.15) is 18.9 Å². The first-order chi connectivity index (χ1) is 8.30. The van der Waals surface area contributed by atoms with Gasteiger partial charge in [-0.2, -0.15) is 0 Å². The van der Waals surface area contributed by atoms with Gasteiger partial charge in [-0.3, -0.25) is 4.31 Å². The SMILES string of the molecule is CCC(C(N)=S)S(=O)(=O)N(C)c1ccc(C)cc1. The summed E-state index contributed by atoms with van der Waals surface area (Å²) >= 11 is 4.83. The minimum Gasteiger partial charge on any atom is -0.392 e. The Bertz CT molecular complexity index is 524. The molecule has 0 aromatic heterocycles. The van der Waals surface area contributed by atoms with E-state index < -0.39 is 15.3 Å². The molecule has 0 saturated carbocycles. The van der Waals surface area contributed by atoms with Crippen LogP contribution in [0.3, 0.4) is 0 Å². The maximum Gasteiger partial charge on any atom is 0.244 e. The summed E-state index contributed by atoms with van der Waals surface area (Å²) in [6.45, 7) is 3.70. The fourth-order valence-electron chi connectivity index (χ4n) is 1.65. The molecule has 1 unspecified atom stereocenters. The van der Waals surface area contributed by atoms with Gasteiger partial charge in [-0.15, -0.1) is 0 Å². The van der Waals surface area contributed by atoms with Gasteiger partial charge in [-0.25, -0.2) is 8.42 Å². The molecule has 4 nitrogen and oxygen atoms in total. The van der Waals surface area contributed by atoms with Crippen molar-refractivity contribution in [3.63, 3.8) is 0 Å². The van der Waals surface area contributed by atoms with Crippen LogP contribution in [0.15, 0.2) is 24.3 Å².